The van der Waals surface area contributed by atoms with E-state index in [1.54, 1.807) is 0 Å². The number of halogens is 4. The zero-order chi connectivity index (χ0) is 14.0. The van der Waals surface area contributed by atoms with Crippen molar-refractivity contribution >= 4 is 0 Å². The lowest BCUT2D eigenvalue weighted by Crippen LogP contribution is -1.93. The SMILES string of the molecule is N#Cc1c(F)cc(-c2ccc(OF)cc2F)cc1F. The van der Waals surface area contributed by atoms with E-state index in [-0.39, 0.29) is 16.9 Å². The molecule has 6 heteroatoms. The van der Waals surface area contributed by atoms with E-state index in [0.717, 1.165) is 30.3 Å². The Bertz CT molecular complexity index is 656. The minimum absolute atomic E-state index is 0.100. The largest absolute Gasteiger partial charge is 0.294 e. The van der Waals surface area contributed by atoms with Gasteiger partial charge in [-0.05, 0) is 29.8 Å². The van der Waals surface area contributed by atoms with Gasteiger partial charge in [-0.1, -0.05) is 0 Å². The lowest BCUT2D eigenvalue weighted by molar-refractivity contribution is -0.00652. The van der Waals surface area contributed by atoms with Gasteiger partial charge >= 0.3 is 0 Å². The number of nitriles is 1. The van der Waals surface area contributed by atoms with Gasteiger partial charge in [-0.3, -0.25) is 4.94 Å². The van der Waals surface area contributed by atoms with Crippen LogP contribution in [-0.4, -0.2) is 0 Å². The second-order valence-electron chi connectivity index (χ2n) is 3.65. The van der Waals surface area contributed by atoms with Gasteiger partial charge in [0.15, 0.2) is 5.75 Å². The molecule has 0 amide bonds. The van der Waals surface area contributed by atoms with Gasteiger partial charge in [0, 0.05) is 16.2 Å². The zero-order valence-electron chi connectivity index (χ0n) is 9.25. The van der Waals surface area contributed by atoms with E-state index in [2.05, 4.69) is 4.94 Å². The Morgan fingerprint density at radius 3 is 2.05 bits per heavy atom. The summed E-state index contributed by atoms with van der Waals surface area (Å²) in [5.41, 5.74) is -0.979. The first-order valence-corrected chi connectivity index (χ1v) is 5.04. The Hall–Kier alpha value is -2.55. The van der Waals surface area contributed by atoms with Crippen molar-refractivity contribution in [2.45, 2.75) is 0 Å². The van der Waals surface area contributed by atoms with Crippen LogP contribution in [0.25, 0.3) is 11.1 Å². The van der Waals surface area contributed by atoms with Crippen molar-refractivity contribution in [1.29, 1.82) is 5.26 Å². The van der Waals surface area contributed by atoms with Crippen LogP contribution in [0.15, 0.2) is 30.3 Å². The van der Waals surface area contributed by atoms with Crippen LogP contribution in [0, 0.1) is 28.8 Å². The fourth-order valence-electron chi connectivity index (χ4n) is 1.61. The molecule has 0 N–H and O–H groups in total. The molecule has 0 atom stereocenters. The molecule has 0 heterocycles. The summed E-state index contributed by atoms with van der Waals surface area (Å²) >= 11 is 0. The maximum absolute atomic E-state index is 13.6. The molecule has 0 radical (unpaired) electrons. The molecule has 0 bridgehead atoms. The number of hydrogen-bond donors (Lipinski definition) is 0. The smallest absolute Gasteiger partial charge is 0.174 e. The third-order valence-corrected chi connectivity index (χ3v) is 2.49. The summed E-state index contributed by atoms with van der Waals surface area (Å²) in [6.45, 7) is 0. The molecule has 0 saturated heterocycles. The quantitative estimate of drug-likeness (QED) is 0.773. The van der Waals surface area contributed by atoms with Gasteiger partial charge in [0.1, 0.15) is 29.1 Å². The van der Waals surface area contributed by atoms with Crippen molar-refractivity contribution in [3.8, 4) is 22.9 Å². The normalized spacial score (nSPS) is 10.1. The predicted molar refractivity (Wildman–Crippen MR) is 58.2 cm³/mol. The van der Waals surface area contributed by atoms with Gasteiger partial charge in [0.25, 0.3) is 0 Å². The van der Waals surface area contributed by atoms with Crippen LogP contribution in [0.4, 0.5) is 17.7 Å². The maximum atomic E-state index is 13.6. The van der Waals surface area contributed by atoms with Crippen LogP contribution in [0.1, 0.15) is 5.56 Å². The van der Waals surface area contributed by atoms with Crippen molar-refractivity contribution in [3.63, 3.8) is 0 Å². The van der Waals surface area contributed by atoms with E-state index in [1.165, 1.54) is 6.07 Å². The molecule has 0 aromatic heterocycles. The minimum Gasteiger partial charge on any atom is -0.294 e. The summed E-state index contributed by atoms with van der Waals surface area (Å²) in [5.74, 6) is -3.46. The molecule has 2 rings (SSSR count). The van der Waals surface area contributed by atoms with Crippen LogP contribution in [0.2, 0.25) is 0 Å². The summed E-state index contributed by atoms with van der Waals surface area (Å²) in [4.78, 5) is 3.34. The molecule has 0 spiro atoms. The lowest BCUT2D eigenvalue weighted by atomic mass is 10.0. The highest BCUT2D eigenvalue weighted by Gasteiger charge is 2.14. The fourth-order valence-corrected chi connectivity index (χ4v) is 1.61. The molecule has 0 aliphatic carbocycles. The van der Waals surface area contributed by atoms with Crippen LogP contribution >= 0.6 is 0 Å². The summed E-state index contributed by atoms with van der Waals surface area (Å²) in [6.07, 6.45) is 0. The Morgan fingerprint density at radius 1 is 0.947 bits per heavy atom. The first-order chi connectivity index (χ1) is 9.06. The average molecular weight is 267 g/mol. The van der Waals surface area contributed by atoms with Gasteiger partial charge in [-0.25, -0.2) is 13.2 Å². The van der Waals surface area contributed by atoms with E-state index >= 15 is 0 Å². The maximum Gasteiger partial charge on any atom is 0.174 e. The van der Waals surface area contributed by atoms with Gasteiger partial charge in [-0.2, -0.15) is 5.26 Å². The molecule has 0 saturated carbocycles. The third-order valence-electron chi connectivity index (χ3n) is 2.49. The minimum atomic E-state index is -1.09. The number of nitrogens with zero attached hydrogens (tertiary/aromatic N) is 1. The molecule has 2 nitrogen and oxygen atoms in total. The summed E-state index contributed by atoms with van der Waals surface area (Å²) in [5, 5.41) is 8.52. The van der Waals surface area contributed by atoms with E-state index < -0.39 is 23.0 Å². The lowest BCUT2D eigenvalue weighted by Gasteiger charge is -2.06. The molecular weight excluding hydrogens is 262 g/mol. The predicted octanol–water partition coefficient (Wildman–Crippen LogP) is 3.91. The van der Waals surface area contributed by atoms with Crippen LogP contribution < -0.4 is 4.94 Å². The molecule has 0 aliphatic rings. The highest BCUT2D eigenvalue weighted by Crippen LogP contribution is 2.28. The highest BCUT2D eigenvalue weighted by atomic mass is 19.3. The second kappa shape index (κ2) is 4.98. The molecule has 2 aromatic carbocycles. The molecule has 2 aromatic rings. The van der Waals surface area contributed by atoms with E-state index in [1.807, 2.05) is 0 Å². The van der Waals surface area contributed by atoms with E-state index in [9.17, 15) is 17.7 Å². The Kier molecular flexibility index (Phi) is 3.38. The first kappa shape index (κ1) is 12.9. The summed E-state index contributed by atoms with van der Waals surface area (Å²) < 4.78 is 52.3. The Morgan fingerprint density at radius 2 is 1.58 bits per heavy atom. The standard InChI is InChI=1S/C13H5F4NO/c14-11-3-7(4-12(15)10(11)6-18)9-2-1-8(19-17)5-13(9)16/h1-5H. The van der Waals surface area contributed by atoms with Gasteiger partial charge < -0.3 is 0 Å². The van der Waals surface area contributed by atoms with Crippen molar-refractivity contribution in [2.75, 3.05) is 0 Å². The topological polar surface area (TPSA) is 33.0 Å². The van der Waals surface area contributed by atoms with Crippen molar-refractivity contribution in [1.82, 2.24) is 0 Å². The Balaban J connectivity index is 2.57. The molecule has 0 fully saturated rings. The summed E-state index contributed by atoms with van der Waals surface area (Å²) in [6, 6.07) is 5.98. The van der Waals surface area contributed by atoms with Gasteiger partial charge in [-0.15, -0.1) is 0 Å². The van der Waals surface area contributed by atoms with Crippen molar-refractivity contribution < 1.29 is 22.6 Å². The van der Waals surface area contributed by atoms with Crippen LogP contribution in [0.5, 0.6) is 5.75 Å². The van der Waals surface area contributed by atoms with Crippen molar-refractivity contribution in [2.24, 2.45) is 0 Å². The first-order valence-electron chi connectivity index (χ1n) is 5.04. The molecule has 0 unspecified atom stereocenters. The molecular formula is C13H5F4NO. The molecule has 0 aliphatic heterocycles. The second-order valence-corrected chi connectivity index (χ2v) is 3.65. The van der Waals surface area contributed by atoms with Gasteiger partial charge in [0.05, 0.1) is 0 Å². The summed E-state index contributed by atoms with van der Waals surface area (Å²) in [7, 11) is 0. The third kappa shape index (κ3) is 2.36. The molecule has 19 heavy (non-hydrogen) atoms. The van der Waals surface area contributed by atoms with E-state index in [4.69, 9.17) is 5.26 Å². The van der Waals surface area contributed by atoms with Crippen LogP contribution in [-0.2, 0) is 0 Å². The van der Waals surface area contributed by atoms with Gasteiger partial charge in [0.2, 0.25) is 0 Å². The number of benzene rings is 2. The average Bonchev–Trinajstić information content (AvgIpc) is 2.38. The Labute approximate surface area is 105 Å². The fraction of sp³-hybridized carbons (Fsp3) is 0. The highest BCUT2D eigenvalue weighted by molar-refractivity contribution is 5.66. The zero-order valence-corrected chi connectivity index (χ0v) is 9.25. The number of hydrogen-bond acceptors (Lipinski definition) is 2. The monoisotopic (exact) mass is 267 g/mol. The van der Waals surface area contributed by atoms with E-state index in [0.29, 0.717) is 0 Å². The molecule has 96 valence electrons. The van der Waals surface area contributed by atoms with Crippen molar-refractivity contribution in [3.05, 3.63) is 53.3 Å². The van der Waals surface area contributed by atoms with Crippen LogP contribution in [0.3, 0.4) is 0 Å². The number of rotatable bonds is 2.